The van der Waals surface area contributed by atoms with Gasteiger partial charge >= 0.3 is 20.2 Å². The monoisotopic (exact) mass is 318 g/mol. The Bertz CT molecular complexity index is 860. The molecule has 0 unspecified atom stereocenters. The van der Waals surface area contributed by atoms with Crippen LogP contribution in [0.5, 0.6) is 0 Å². The van der Waals surface area contributed by atoms with Crippen molar-refractivity contribution in [1.82, 2.24) is 0 Å². The number of fused-ring (bicyclic) bond motifs is 1. The van der Waals surface area contributed by atoms with Gasteiger partial charge in [0.15, 0.2) is 0 Å². The summed E-state index contributed by atoms with van der Waals surface area (Å²) in [7, 11) is -8.18. The summed E-state index contributed by atoms with van der Waals surface area (Å²) in [6.07, 6.45) is 0. The van der Waals surface area contributed by atoms with Crippen LogP contribution >= 0.6 is 0 Å². The van der Waals surface area contributed by atoms with Crippen molar-refractivity contribution in [2.75, 3.05) is 0 Å². The van der Waals surface area contributed by atoms with Crippen LogP contribution in [0.15, 0.2) is 46.2 Å². The van der Waals surface area contributed by atoms with Gasteiger partial charge in [0.05, 0.1) is 4.90 Å². The molecule has 4 N–H and O–H groups in total. The third-order valence-electron chi connectivity index (χ3n) is 2.62. The minimum atomic E-state index is -4.11. The molecule has 0 aromatic heterocycles. The van der Waals surface area contributed by atoms with Crippen molar-refractivity contribution in [1.29, 1.82) is 0 Å². The second-order valence-electron chi connectivity index (χ2n) is 3.74. The molecule has 0 radical (unpaired) electrons. The van der Waals surface area contributed by atoms with Gasteiger partial charge in [0.25, 0.3) is 0 Å². The van der Waals surface area contributed by atoms with Gasteiger partial charge in [0.1, 0.15) is 4.90 Å². The summed E-state index contributed by atoms with van der Waals surface area (Å²) in [4.78, 5) is -0.370. The first-order valence-electron chi connectivity index (χ1n) is 5.11. The fourth-order valence-electron chi connectivity index (χ4n) is 1.71. The summed E-state index contributed by atoms with van der Waals surface area (Å²) in [5, 5.41) is 0.607. The van der Waals surface area contributed by atoms with E-state index in [-0.39, 0.29) is 15.2 Å². The molecule has 108 valence electrons. The highest BCUT2D eigenvalue weighted by molar-refractivity contribution is 7.87. The first-order valence-corrected chi connectivity index (χ1v) is 7.93. The predicted molar refractivity (Wildman–Crippen MR) is 68.9 cm³/mol. The second-order valence-corrected chi connectivity index (χ2v) is 6.85. The molecular weight excluding hydrogens is 308 g/mol. The third kappa shape index (κ3) is 2.52. The van der Waals surface area contributed by atoms with Gasteiger partial charge in [-0.1, -0.05) is 18.2 Å². The Morgan fingerprint density at radius 3 is 2.10 bits per heavy atom. The number of hydrogen-bond donors (Lipinski definition) is 2. The van der Waals surface area contributed by atoms with E-state index in [9.17, 15) is 16.8 Å². The van der Waals surface area contributed by atoms with Gasteiger partial charge in [-0.05, 0) is 23.6 Å². The lowest BCUT2D eigenvalue weighted by Crippen LogP contribution is -2.12. The SMILES string of the molecule is NOS(=O)(=O)c1ccc2c(S(=O)(=O)ON)cccc2c1. The Labute approximate surface area is 115 Å². The van der Waals surface area contributed by atoms with Crippen molar-refractivity contribution in [3.8, 4) is 0 Å². The normalized spacial score (nSPS) is 12.7. The topological polar surface area (TPSA) is 139 Å². The van der Waals surface area contributed by atoms with E-state index in [0.717, 1.165) is 0 Å². The quantitative estimate of drug-likeness (QED) is 0.751. The number of nitrogens with two attached hydrogens (primary N) is 2. The number of benzene rings is 2. The number of rotatable bonds is 4. The van der Waals surface area contributed by atoms with Crippen LogP contribution in [0.4, 0.5) is 0 Å². The van der Waals surface area contributed by atoms with E-state index in [4.69, 9.17) is 5.90 Å². The summed E-state index contributed by atoms with van der Waals surface area (Å²) in [6, 6.07) is 7.94. The van der Waals surface area contributed by atoms with Crippen LogP contribution in [0.3, 0.4) is 0 Å². The Hall–Kier alpha value is -1.56. The summed E-state index contributed by atoms with van der Waals surface area (Å²) >= 11 is 0. The molecule has 0 amide bonds. The zero-order chi connectivity index (χ0) is 15.0. The predicted octanol–water partition coefficient (Wildman–Crippen LogP) is -0.00220. The minimum Gasteiger partial charge on any atom is -0.197 e. The summed E-state index contributed by atoms with van der Waals surface area (Å²) in [6.45, 7) is 0. The van der Waals surface area contributed by atoms with E-state index < -0.39 is 20.2 Å². The smallest absolute Gasteiger partial charge is 0.197 e. The van der Waals surface area contributed by atoms with E-state index >= 15 is 0 Å². The van der Waals surface area contributed by atoms with Crippen molar-refractivity contribution >= 4 is 31.0 Å². The molecule has 2 aromatic rings. The van der Waals surface area contributed by atoms with Crippen molar-refractivity contribution in [3.05, 3.63) is 36.4 Å². The van der Waals surface area contributed by atoms with Crippen molar-refractivity contribution < 1.29 is 25.4 Å². The van der Waals surface area contributed by atoms with Crippen LogP contribution < -0.4 is 11.8 Å². The van der Waals surface area contributed by atoms with E-state index in [0.29, 0.717) is 5.39 Å². The maximum Gasteiger partial charge on any atom is 0.313 e. The molecule has 10 heteroatoms. The molecule has 2 aromatic carbocycles. The molecule has 0 spiro atoms. The minimum absolute atomic E-state index is 0.171. The fourth-order valence-corrected chi connectivity index (χ4v) is 3.13. The molecule has 8 nitrogen and oxygen atoms in total. The lowest BCUT2D eigenvalue weighted by atomic mass is 10.1. The molecule has 0 aliphatic rings. The van der Waals surface area contributed by atoms with E-state index in [1.54, 1.807) is 0 Å². The highest BCUT2D eigenvalue weighted by atomic mass is 32.2. The zero-order valence-corrected chi connectivity index (χ0v) is 11.5. The van der Waals surface area contributed by atoms with Crippen LogP contribution in [0, 0.1) is 0 Å². The molecule has 20 heavy (non-hydrogen) atoms. The van der Waals surface area contributed by atoms with Crippen LogP contribution in [0.1, 0.15) is 0 Å². The average molecular weight is 318 g/mol. The van der Waals surface area contributed by atoms with Gasteiger partial charge in [0, 0.05) is 5.39 Å². The molecule has 0 saturated carbocycles. The Balaban J connectivity index is 2.76. The second kappa shape index (κ2) is 5.09. The van der Waals surface area contributed by atoms with Crippen LogP contribution in [0.2, 0.25) is 0 Å². The first kappa shape index (κ1) is 14.8. The summed E-state index contributed by atoms with van der Waals surface area (Å²) in [5.74, 6) is 9.41. The Morgan fingerprint density at radius 1 is 0.850 bits per heavy atom. The molecule has 0 aliphatic heterocycles. The van der Waals surface area contributed by atoms with Gasteiger partial charge in [0.2, 0.25) is 0 Å². The average Bonchev–Trinajstić information content (AvgIpc) is 2.45. The molecular formula is C10H10N2O6S2. The van der Waals surface area contributed by atoms with Gasteiger partial charge in [-0.2, -0.15) is 37.2 Å². The van der Waals surface area contributed by atoms with Crippen LogP contribution in [0.25, 0.3) is 10.8 Å². The van der Waals surface area contributed by atoms with Crippen molar-refractivity contribution in [3.63, 3.8) is 0 Å². The van der Waals surface area contributed by atoms with E-state index in [1.165, 1.54) is 36.4 Å². The van der Waals surface area contributed by atoms with Crippen LogP contribution in [-0.2, 0) is 28.8 Å². The standard InChI is InChI=1S/C10H10N2O6S2/c11-17-19(13,14)8-4-5-9-7(6-8)2-1-3-10(9)20(15,16)18-12/h1-6H,11-12H2. The molecule has 0 saturated heterocycles. The third-order valence-corrected chi connectivity index (χ3v) is 4.86. The van der Waals surface area contributed by atoms with Crippen LogP contribution in [-0.4, -0.2) is 16.8 Å². The summed E-state index contributed by atoms with van der Waals surface area (Å²) < 4.78 is 54.1. The molecule has 2 rings (SSSR count). The van der Waals surface area contributed by atoms with Gasteiger partial charge in [-0.15, -0.1) is 0 Å². The van der Waals surface area contributed by atoms with E-state index in [2.05, 4.69) is 14.5 Å². The maximum absolute atomic E-state index is 11.6. The lowest BCUT2D eigenvalue weighted by Gasteiger charge is -2.07. The molecule has 0 bridgehead atoms. The zero-order valence-electron chi connectivity index (χ0n) is 9.88. The highest BCUT2D eigenvalue weighted by Gasteiger charge is 2.19. The Morgan fingerprint density at radius 2 is 1.50 bits per heavy atom. The van der Waals surface area contributed by atoms with E-state index in [1.807, 2.05) is 0 Å². The molecule has 0 fully saturated rings. The van der Waals surface area contributed by atoms with Crippen molar-refractivity contribution in [2.45, 2.75) is 9.79 Å². The van der Waals surface area contributed by atoms with Gasteiger partial charge < -0.3 is 0 Å². The maximum atomic E-state index is 11.6. The fraction of sp³-hybridized carbons (Fsp3) is 0. The lowest BCUT2D eigenvalue weighted by molar-refractivity contribution is 0.332. The first-order chi connectivity index (χ1) is 9.31. The Kier molecular flexibility index (Phi) is 3.77. The van der Waals surface area contributed by atoms with Crippen molar-refractivity contribution in [2.24, 2.45) is 11.8 Å². The molecule has 0 heterocycles. The largest absolute Gasteiger partial charge is 0.313 e. The molecule has 0 aliphatic carbocycles. The van der Waals surface area contributed by atoms with Gasteiger partial charge in [-0.25, -0.2) is 0 Å². The summed E-state index contributed by atoms with van der Waals surface area (Å²) in [5.41, 5.74) is 0. The highest BCUT2D eigenvalue weighted by Crippen LogP contribution is 2.26. The molecule has 0 atom stereocenters. The number of hydrogen-bond acceptors (Lipinski definition) is 8. The van der Waals surface area contributed by atoms with Gasteiger partial charge in [-0.3, -0.25) is 0 Å².